The van der Waals surface area contributed by atoms with Crippen LogP contribution in [0.2, 0.25) is 5.02 Å². The van der Waals surface area contributed by atoms with Crippen molar-refractivity contribution in [2.24, 2.45) is 0 Å². The molecule has 2 rings (SSSR count). The SMILES string of the molecule is C=CCOc1ccccc1C(=O)NNC(=O)/C=C/c1ccc(Cl)cc1. The van der Waals surface area contributed by atoms with Crippen LogP contribution in [-0.4, -0.2) is 18.4 Å². The number of ether oxygens (including phenoxy) is 1. The predicted octanol–water partition coefficient (Wildman–Crippen LogP) is 3.38. The minimum absolute atomic E-state index is 0.278. The van der Waals surface area contributed by atoms with Crippen molar-refractivity contribution in [2.45, 2.75) is 0 Å². The quantitative estimate of drug-likeness (QED) is 0.473. The Labute approximate surface area is 150 Å². The Balaban J connectivity index is 1.92. The van der Waals surface area contributed by atoms with Crippen molar-refractivity contribution in [3.8, 4) is 5.75 Å². The Morgan fingerprint density at radius 3 is 2.52 bits per heavy atom. The topological polar surface area (TPSA) is 67.4 Å². The van der Waals surface area contributed by atoms with Crippen molar-refractivity contribution in [2.75, 3.05) is 6.61 Å². The number of hydrogen-bond donors (Lipinski definition) is 2. The lowest BCUT2D eigenvalue weighted by Gasteiger charge is -2.10. The molecule has 0 spiro atoms. The molecule has 6 heteroatoms. The van der Waals surface area contributed by atoms with Gasteiger partial charge in [-0.2, -0.15) is 0 Å². The van der Waals surface area contributed by atoms with Crippen molar-refractivity contribution in [1.29, 1.82) is 0 Å². The first-order valence-corrected chi connectivity index (χ1v) is 7.84. The third kappa shape index (κ3) is 5.82. The van der Waals surface area contributed by atoms with E-state index in [1.54, 1.807) is 60.7 Å². The fraction of sp³-hybridized carbons (Fsp3) is 0.0526. The molecule has 0 aromatic heterocycles. The summed E-state index contributed by atoms with van der Waals surface area (Å²) in [5.41, 5.74) is 5.79. The number of hydrazine groups is 1. The highest BCUT2D eigenvalue weighted by Crippen LogP contribution is 2.17. The van der Waals surface area contributed by atoms with Gasteiger partial charge in [-0.1, -0.05) is 48.5 Å². The summed E-state index contributed by atoms with van der Waals surface area (Å²) >= 11 is 5.80. The summed E-state index contributed by atoms with van der Waals surface area (Å²) in [6, 6.07) is 13.7. The van der Waals surface area contributed by atoms with Gasteiger partial charge in [0, 0.05) is 11.1 Å². The zero-order valence-electron chi connectivity index (χ0n) is 13.4. The van der Waals surface area contributed by atoms with Crippen LogP contribution in [0.1, 0.15) is 15.9 Å². The van der Waals surface area contributed by atoms with Gasteiger partial charge in [0.25, 0.3) is 11.8 Å². The van der Waals surface area contributed by atoms with Crippen LogP contribution in [0, 0.1) is 0 Å². The summed E-state index contributed by atoms with van der Waals surface area (Å²) in [6.45, 7) is 3.84. The van der Waals surface area contributed by atoms with E-state index in [1.807, 2.05) is 0 Å². The van der Waals surface area contributed by atoms with Gasteiger partial charge in [0.05, 0.1) is 5.56 Å². The Morgan fingerprint density at radius 2 is 1.80 bits per heavy atom. The molecule has 2 aromatic carbocycles. The van der Waals surface area contributed by atoms with Crippen LogP contribution in [0.25, 0.3) is 6.08 Å². The molecule has 2 N–H and O–H groups in total. The van der Waals surface area contributed by atoms with E-state index in [1.165, 1.54) is 6.08 Å². The van der Waals surface area contributed by atoms with Gasteiger partial charge in [0.15, 0.2) is 0 Å². The summed E-state index contributed by atoms with van der Waals surface area (Å²) in [7, 11) is 0. The summed E-state index contributed by atoms with van der Waals surface area (Å²) in [5, 5.41) is 0.617. The highest BCUT2D eigenvalue weighted by Gasteiger charge is 2.11. The van der Waals surface area contributed by atoms with E-state index >= 15 is 0 Å². The lowest BCUT2D eigenvalue weighted by molar-refractivity contribution is -0.117. The van der Waals surface area contributed by atoms with Crippen molar-refractivity contribution in [3.05, 3.63) is 83.4 Å². The van der Waals surface area contributed by atoms with Crippen LogP contribution in [0.4, 0.5) is 0 Å². The Hall–Kier alpha value is -3.05. The van der Waals surface area contributed by atoms with Gasteiger partial charge in [0.1, 0.15) is 12.4 Å². The number of benzene rings is 2. The van der Waals surface area contributed by atoms with E-state index in [2.05, 4.69) is 17.4 Å². The molecule has 5 nitrogen and oxygen atoms in total. The first-order valence-electron chi connectivity index (χ1n) is 7.47. The molecule has 25 heavy (non-hydrogen) atoms. The molecule has 0 saturated carbocycles. The second-order valence-electron chi connectivity index (χ2n) is 4.92. The number of carbonyl (C=O) groups excluding carboxylic acids is 2. The van der Waals surface area contributed by atoms with Gasteiger partial charge in [-0.3, -0.25) is 20.4 Å². The second kappa shape index (κ2) is 9.30. The third-order valence-electron chi connectivity index (χ3n) is 3.08. The smallest absolute Gasteiger partial charge is 0.273 e. The van der Waals surface area contributed by atoms with Gasteiger partial charge in [0.2, 0.25) is 0 Å². The Kier molecular flexibility index (Phi) is 6.80. The average molecular weight is 357 g/mol. The highest BCUT2D eigenvalue weighted by atomic mass is 35.5. The highest BCUT2D eigenvalue weighted by molar-refractivity contribution is 6.30. The van der Waals surface area contributed by atoms with Crippen LogP contribution < -0.4 is 15.6 Å². The van der Waals surface area contributed by atoms with Crippen LogP contribution in [-0.2, 0) is 4.79 Å². The van der Waals surface area contributed by atoms with Crippen molar-refractivity contribution in [1.82, 2.24) is 10.9 Å². The number of halogens is 1. The largest absolute Gasteiger partial charge is 0.489 e. The van der Waals surface area contributed by atoms with Gasteiger partial charge in [-0.25, -0.2) is 0 Å². The van der Waals surface area contributed by atoms with Crippen molar-refractivity contribution < 1.29 is 14.3 Å². The number of hydrogen-bond acceptors (Lipinski definition) is 3. The summed E-state index contributed by atoms with van der Waals surface area (Å²) in [5.74, 6) is -0.536. The fourth-order valence-corrected chi connectivity index (χ4v) is 2.03. The van der Waals surface area contributed by atoms with Crippen LogP contribution in [0.5, 0.6) is 5.75 Å². The number of nitrogens with one attached hydrogen (secondary N) is 2. The third-order valence-corrected chi connectivity index (χ3v) is 3.34. The van der Waals surface area contributed by atoms with Gasteiger partial charge >= 0.3 is 0 Å². The fourth-order valence-electron chi connectivity index (χ4n) is 1.90. The Morgan fingerprint density at radius 1 is 1.08 bits per heavy atom. The lowest BCUT2D eigenvalue weighted by atomic mass is 10.2. The van der Waals surface area contributed by atoms with Crippen molar-refractivity contribution >= 4 is 29.5 Å². The lowest BCUT2D eigenvalue weighted by Crippen LogP contribution is -2.40. The minimum Gasteiger partial charge on any atom is -0.489 e. The maximum Gasteiger partial charge on any atom is 0.273 e. The first kappa shape index (κ1) is 18.3. The predicted molar refractivity (Wildman–Crippen MR) is 98.2 cm³/mol. The molecule has 0 bridgehead atoms. The zero-order chi connectivity index (χ0) is 18.1. The zero-order valence-corrected chi connectivity index (χ0v) is 14.1. The molecule has 0 aliphatic heterocycles. The number of rotatable bonds is 6. The van der Waals surface area contributed by atoms with Gasteiger partial charge < -0.3 is 4.74 Å². The van der Waals surface area contributed by atoms with E-state index in [4.69, 9.17) is 16.3 Å². The minimum atomic E-state index is -0.479. The number of carbonyl (C=O) groups is 2. The molecule has 0 unspecified atom stereocenters. The van der Waals surface area contributed by atoms with Crippen LogP contribution >= 0.6 is 11.6 Å². The normalized spacial score (nSPS) is 10.3. The molecule has 0 fully saturated rings. The molecule has 0 heterocycles. The second-order valence-corrected chi connectivity index (χ2v) is 5.36. The van der Waals surface area contributed by atoms with Crippen LogP contribution in [0.3, 0.4) is 0 Å². The van der Waals surface area contributed by atoms with E-state index < -0.39 is 11.8 Å². The molecule has 2 amide bonds. The Bertz CT molecular complexity index is 786. The molecule has 2 aromatic rings. The first-order chi connectivity index (χ1) is 12.1. The average Bonchev–Trinajstić information content (AvgIpc) is 2.64. The monoisotopic (exact) mass is 356 g/mol. The van der Waals surface area contributed by atoms with Gasteiger partial charge in [-0.05, 0) is 35.9 Å². The van der Waals surface area contributed by atoms with Crippen molar-refractivity contribution in [3.63, 3.8) is 0 Å². The summed E-state index contributed by atoms with van der Waals surface area (Å²) in [4.78, 5) is 24.0. The molecule has 0 saturated heterocycles. The van der Waals surface area contributed by atoms with E-state index in [9.17, 15) is 9.59 Å². The maximum atomic E-state index is 12.2. The van der Waals surface area contributed by atoms with Crippen LogP contribution in [0.15, 0.2) is 67.3 Å². The standard InChI is InChI=1S/C19H17ClN2O3/c1-2-13-25-17-6-4-3-5-16(17)19(24)22-21-18(23)12-9-14-7-10-15(20)11-8-14/h2-12H,1,13H2,(H,21,23)(H,22,24)/b12-9+. The molecular weight excluding hydrogens is 340 g/mol. The molecule has 0 atom stereocenters. The number of amides is 2. The summed E-state index contributed by atoms with van der Waals surface area (Å²) < 4.78 is 5.41. The van der Waals surface area contributed by atoms with E-state index in [0.717, 1.165) is 5.56 Å². The molecule has 0 aliphatic rings. The maximum absolute atomic E-state index is 12.2. The summed E-state index contributed by atoms with van der Waals surface area (Å²) in [6.07, 6.45) is 4.50. The van der Waals surface area contributed by atoms with E-state index in [-0.39, 0.29) is 6.61 Å². The van der Waals surface area contributed by atoms with E-state index in [0.29, 0.717) is 16.3 Å². The molecule has 128 valence electrons. The van der Waals surface area contributed by atoms with Gasteiger partial charge in [-0.15, -0.1) is 0 Å². The molecular formula is C19H17ClN2O3. The number of para-hydroxylation sites is 1. The molecule has 0 aliphatic carbocycles. The molecule has 0 radical (unpaired) electrons.